The van der Waals surface area contributed by atoms with Gasteiger partial charge in [-0.2, -0.15) is 0 Å². The van der Waals surface area contributed by atoms with Gasteiger partial charge in [0.1, 0.15) is 0 Å². The molecule has 0 fully saturated rings. The molecule has 0 aliphatic heterocycles. The fourth-order valence-corrected chi connectivity index (χ4v) is 6.61. The third-order valence-electron chi connectivity index (χ3n) is 8.87. The normalized spacial score (nSPS) is 11.1. The van der Waals surface area contributed by atoms with Gasteiger partial charge in [0.2, 0.25) is 0 Å². The molecule has 0 heterocycles. The predicted molar refractivity (Wildman–Crippen MR) is 201 cm³/mol. The van der Waals surface area contributed by atoms with Crippen molar-refractivity contribution in [2.75, 3.05) is 9.80 Å². The lowest BCUT2D eigenvalue weighted by molar-refractivity contribution is 1.28. The fourth-order valence-electron chi connectivity index (χ4n) is 6.61. The zero-order valence-corrected chi connectivity index (χ0v) is 26.3. The topological polar surface area (TPSA) is 6.48 Å². The molecule has 0 radical (unpaired) electrons. The van der Waals surface area contributed by atoms with Crippen molar-refractivity contribution in [1.82, 2.24) is 0 Å². The summed E-state index contributed by atoms with van der Waals surface area (Å²) in [6, 6.07) is 67.5. The van der Waals surface area contributed by atoms with E-state index in [1.54, 1.807) is 0 Å². The van der Waals surface area contributed by atoms with Crippen LogP contribution in [0.1, 0.15) is 5.56 Å². The van der Waals surface area contributed by atoms with Crippen LogP contribution < -0.4 is 9.80 Å². The first-order valence-electron chi connectivity index (χ1n) is 16.1. The van der Waals surface area contributed by atoms with Gasteiger partial charge in [-0.15, -0.1) is 0 Å². The number of rotatable bonds is 7. The maximum Gasteiger partial charge on any atom is 0.0540 e. The Morgan fingerprint density at radius 3 is 1.26 bits per heavy atom. The average molecular weight is 603 g/mol. The molecular formula is C45H34N2. The van der Waals surface area contributed by atoms with Crippen LogP contribution in [0.25, 0.3) is 32.7 Å². The molecule has 2 heteroatoms. The Labute approximate surface area is 276 Å². The van der Waals surface area contributed by atoms with Crippen LogP contribution in [-0.2, 0) is 0 Å². The second kappa shape index (κ2) is 12.3. The van der Waals surface area contributed by atoms with Gasteiger partial charge in [0.05, 0.1) is 11.4 Å². The lowest BCUT2D eigenvalue weighted by Crippen LogP contribution is -2.10. The molecule has 0 unspecified atom stereocenters. The summed E-state index contributed by atoms with van der Waals surface area (Å²) >= 11 is 0. The molecule has 0 atom stereocenters. The van der Waals surface area contributed by atoms with E-state index in [1.807, 2.05) is 0 Å². The average Bonchev–Trinajstić information content (AvgIpc) is 3.13. The van der Waals surface area contributed by atoms with Gasteiger partial charge < -0.3 is 9.80 Å². The molecule has 8 aromatic carbocycles. The summed E-state index contributed by atoms with van der Waals surface area (Å²) in [7, 11) is 0. The van der Waals surface area contributed by atoms with E-state index in [0.717, 1.165) is 28.4 Å². The SMILES string of the molecule is Cc1cccc(N(c2ccc(-c3ccc(N(c4ccccc4)c4cccc5ccccc45)cc3)cc2)c2cccc3ccccc23)c1. The van der Waals surface area contributed by atoms with Crippen molar-refractivity contribution in [2.45, 2.75) is 6.92 Å². The Hall–Kier alpha value is -6.12. The van der Waals surface area contributed by atoms with Gasteiger partial charge in [-0.3, -0.25) is 0 Å². The highest BCUT2D eigenvalue weighted by molar-refractivity contribution is 6.00. The number of benzene rings is 8. The number of nitrogens with zero attached hydrogens (tertiary/aromatic N) is 2. The van der Waals surface area contributed by atoms with Crippen LogP contribution in [0, 0.1) is 6.92 Å². The quantitative estimate of drug-likeness (QED) is 0.179. The minimum Gasteiger partial charge on any atom is -0.310 e. The van der Waals surface area contributed by atoms with Crippen molar-refractivity contribution >= 4 is 55.7 Å². The summed E-state index contributed by atoms with van der Waals surface area (Å²) in [6.45, 7) is 2.15. The van der Waals surface area contributed by atoms with Gasteiger partial charge in [0.25, 0.3) is 0 Å². The van der Waals surface area contributed by atoms with Crippen LogP contribution in [0.5, 0.6) is 0 Å². The van der Waals surface area contributed by atoms with E-state index in [2.05, 4.69) is 205 Å². The zero-order valence-electron chi connectivity index (χ0n) is 26.3. The summed E-state index contributed by atoms with van der Waals surface area (Å²) in [5.74, 6) is 0. The predicted octanol–water partition coefficient (Wildman–Crippen LogP) is 12.9. The van der Waals surface area contributed by atoms with Crippen LogP contribution in [0.15, 0.2) is 188 Å². The molecular weight excluding hydrogens is 569 g/mol. The molecule has 0 bridgehead atoms. The van der Waals surface area contributed by atoms with E-state index in [9.17, 15) is 0 Å². The second-order valence-corrected chi connectivity index (χ2v) is 11.9. The second-order valence-electron chi connectivity index (χ2n) is 11.9. The van der Waals surface area contributed by atoms with Gasteiger partial charge in [-0.1, -0.05) is 127 Å². The van der Waals surface area contributed by atoms with Crippen LogP contribution in [0.2, 0.25) is 0 Å². The van der Waals surface area contributed by atoms with E-state index >= 15 is 0 Å². The molecule has 0 amide bonds. The van der Waals surface area contributed by atoms with Crippen LogP contribution in [-0.4, -0.2) is 0 Å². The van der Waals surface area contributed by atoms with Crippen LogP contribution in [0.3, 0.4) is 0 Å². The monoisotopic (exact) mass is 602 g/mol. The molecule has 224 valence electrons. The first kappa shape index (κ1) is 28.4. The summed E-state index contributed by atoms with van der Waals surface area (Å²) in [6.07, 6.45) is 0. The Bertz CT molecular complexity index is 2290. The Balaban J connectivity index is 1.16. The summed E-state index contributed by atoms with van der Waals surface area (Å²) in [5, 5.41) is 4.91. The van der Waals surface area contributed by atoms with Gasteiger partial charge in [-0.05, 0) is 95.1 Å². The molecule has 0 spiro atoms. The fraction of sp³-hybridized carbons (Fsp3) is 0.0222. The summed E-state index contributed by atoms with van der Waals surface area (Å²) in [4.78, 5) is 4.71. The molecule has 0 saturated heterocycles. The van der Waals surface area contributed by atoms with E-state index in [1.165, 1.54) is 43.9 Å². The van der Waals surface area contributed by atoms with Crippen LogP contribution >= 0.6 is 0 Å². The third-order valence-corrected chi connectivity index (χ3v) is 8.87. The summed E-state index contributed by atoms with van der Waals surface area (Å²) in [5.41, 5.74) is 10.4. The number of hydrogen-bond acceptors (Lipinski definition) is 2. The molecule has 47 heavy (non-hydrogen) atoms. The largest absolute Gasteiger partial charge is 0.310 e. The highest BCUT2D eigenvalue weighted by Gasteiger charge is 2.17. The van der Waals surface area contributed by atoms with Gasteiger partial charge in [-0.25, -0.2) is 0 Å². The third kappa shape index (κ3) is 5.51. The van der Waals surface area contributed by atoms with E-state index in [0.29, 0.717) is 0 Å². The highest BCUT2D eigenvalue weighted by atomic mass is 15.1. The van der Waals surface area contributed by atoms with Gasteiger partial charge in [0, 0.05) is 33.5 Å². The minimum absolute atomic E-state index is 1.12. The first-order chi connectivity index (χ1) is 23.2. The maximum atomic E-state index is 2.37. The lowest BCUT2D eigenvalue weighted by Gasteiger charge is -2.27. The van der Waals surface area contributed by atoms with Crippen molar-refractivity contribution in [3.63, 3.8) is 0 Å². The first-order valence-corrected chi connectivity index (χ1v) is 16.1. The van der Waals surface area contributed by atoms with E-state index in [-0.39, 0.29) is 0 Å². The van der Waals surface area contributed by atoms with Crippen molar-refractivity contribution in [1.29, 1.82) is 0 Å². The Morgan fingerprint density at radius 2 is 0.723 bits per heavy atom. The van der Waals surface area contributed by atoms with Crippen molar-refractivity contribution in [3.05, 3.63) is 194 Å². The van der Waals surface area contributed by atoms with Crippen molar-refractivity contribution < 1.29 is 0 Å². The number of fused-ring (bicyclic) bond motifs is 2. The van der Waals surface area contributed by atoms with Crippen molar-refractivity contribution in [2.24, 2.45) is 0 Å². The number of aryl methyl sites for hydroxylation is 1. The van der Waals surface area contributed by atoms with Crippen LogP contribution in [0.4, 0.5) is 34.1 Å². The number of hydrogen-bond donors (Lipinski definition) is 0. The number of anilines is 6. The molecule has 0 aliphatic rings. The maximum absolute atomic E-state index is 2.37. The Kier molecular flexibility index (Phi) is 7.45. The minimum atomic E-state index is 1.12. The van der Waals surface area contributed by atoms with Crippen molar-refractivity contribution in [3.8, 4) is 11.1 Å². The number of para-hydroxylation sites is 1. The Morgan fingerprint density at radius 1 is 0.319 bits per heavy atom. The molecule has 8 rings (SSSR count). The smallest absolute Gasteiger partial charge is 0.0540 e. The summed E-state index contributed by atoms with van der Waals surface area (Å²) < 4.78 is 0. The highest BCUT2D eigenvalue weighted by Crippen LogP contribution is 2.41. The standard InChI is InChI=1S/C45H34N2/c1-33-12-9-19-41(32-33)47(45-23-11-16-37-14-6-8-21-43(37)45)40-30-26-35(27-31-40)34-24-28-39(29-25-34)46(38-17-3-2-4-18-38)44-22-10-15-36-13-5-7-20-42(36)44/h2-32H,1H3. The van der Waals surface area contributed by atoms with E-state index < -0.39 is 0 Å². The van der Waals surface area contributed by atoms with Gasteiger partial charge in [0.15, 0.2) is 0 Å². The lowest BCUT2D eigenvalue weighted by atomic mass is 10.0. The molecule has 0 saturated carbocycles. The molecule has 2 nitrogen and oxygen atoms in total. The van der Waals surface area contributed by atoms with Gasteiger partial charge >= 0.3 is 0 Å². The molecule has 0 aliphatic carbocycles. The zero-order chi connectivity index (χ0) is 31.6. The van der Waals surface area contributed by atoms with E-state index in [4.69, 9.17) is 0 Å². The molecule has 0 N–H and O–H groups in total. The molecule has 8 aromatic rings. The molecule has 0 aromatic heterocycles.